The molecule has 0 bridgehead atoms. The summed E-state index contributed by atoms with van der Waals surface area (Å²) in [4.78, 5) is 13.4. The predicted molar refractivity (Wildman–Crippen MR) is 101 cm³/mol. The summed E-state index contributed by atoms with van der Waals surface area (Å²) in [7, 11) is 2.24. The van der Waals surface area contributed by atoms with E-state index in [0.29, 0.717) is 12.4 Å². The summed E-state index contributed by atoms with van der Waals surface area (Å²) in [5.74, 6) is 1.55. The number of ether oxygens (including phenoxy) is 1. The standard InChI is InChI=1S/C19H19N5OS/c1-12-5-3-4-6-14(12)25-10-16-21-18-17-13-7-8-23(2)9-15(13)26-19(17)20-11-24(18)22-16/h3-6,11H,7-10H2,1-2H3/p+1. The van der Waals surface area contributed by atoms with Gasteiger partial charge in [-0.1, -0.05) is 18.2 Å². The lowest BCUT2D eigenvalue weighted by Crippen LogP contribution is -3.08. The molecule has 0 saturated heterocycles. The number of hydrogen-bond acceptors (Lipinski definition) is 5. The molecular weight excluding hydrogens is 346 g/mol. The molecule has 0 spiro atoms. The van der Waals surface area contributed by atoms with E-state index in [4.69, 9.17) is 9.72 Å². The van der Waals surface area contributed by atoms with Gasteiger partial charge >= 0.3 is 0 Å². The Labute approximate surface area is 155 Å². The molecule has 0 radical (unpaired) electrons. The Bertz CT molecular complexity index is 1120. The summed E-state index contributed by atoms with van der Waals surface area (Å²) in [5.41, 5.74) is 3.42. The van der Waals surface area contributed by atoms with Crippen molar-refractivity contribution in [2.45, 2.75) is 26.5 Å². The Balaban J connectivity index is 1.53. The second-order valence-corrected chi connectivity index (χ2v) is 8.00. The quantitative estimate of drug-likeness (QED) is 0.601. The summed E-state index contributed by atoms with van der Waals surface area (Å²) in [5, 5.41) is 5.74. The number of likely N-dealkylation sites (N-methyl/N-ethyl adjacent to an activating group) is 1. The van der Waals surface area contributed by atoms with Crippen LogP contribution < -0.4 is 9.64 Å². The van der Waals surface area contributed by atoms with Crippen molar-refractivity contribution in [3.63, 3.8) is 0 Å². The fourth-order valence-electron chi connectivity index (χ4n) is 3.57. The molecule has 6 nitrogen and oxygen atoms in total. The van der Waals surface area contributed by atoms with Gasteiger partial charge in [-0.3, -0.25) is 0 Å². The number of hydrogen-bond donors (Lipinski definition) is 1. The van der Waals surface area contributed by atoms with E-state index in [0.717, 1.165) is 41.3 Å². The molecule has 1 N–H and O–H groups in total. The number of nitrogens with one attached hydrogen (secondary N) is 1. The van der Waals surface area contributed by atoms with Crippen molar-refractivity contribution >= 4 is 27.2 Å². The molecule has 26 heavy (non-hydrogen) atoms. The zero-order chi connectivity index (χ0) is 17.7. The van der Waals surface area contributed by atoms with E-state index in [1.165, 1.54) is 15.8 Å². The van der Waals surface area contributed by atoms with Gasteiger partial charge in [0.15, 0.2) is 11.5 Å². The van der Waals surface area contributed by atoms with Crippen LogP contribution in [0.5, 0.6) is 5.75 Å². The van der Waals surface area contributed by atoms with E-state index in [2.05, 4.69) is 17.1 Å². The molecule has 0 fully saturated rings. The third-order valence-electron chi connectivity index (χ3n) is 4.97. The maximum atomic E-state index is 5.91. The molecule has 0 amide bonds. The van der Waals surface area contributed by atoms with Gasteiger partial charge in [0.2, 0.25) is 0 Å². The molecule has 132 valence electrons. The van der Waals surface area contributed by atoms with Crippen molar-refractivity contribution in [2.75, 3.05) is 13.6 Å². The highest BCUT2D eigenvalue weighted by atomic mass is 32.1. The van der Waals surface area contributed by atoms with Gasteiger partial charge in [-0.05, 0) is 24.1 Å². The smallest absolute Gasteiger partial charge is 0.189 e. The topological polar surface area (TPSA) is 56.8 Å². The van der Waals surface area contributed by atoms with Gasteiger partial charge in [0, 0.05) is 6.42 Å². The van der Waals surface area contributed by atoms with Gasteiger partial charge in [0.1, 0.15) is 30.1 Å². The van der Waals surface area contributed by atoms with Crippen molar-refractivity contribution < 1.29 is 9.64 Å². The Morgan fingerprint density at radius 1 is 1.31 bits per heavy atom. The minimum Gasteiger partial charge on any atom is -0.485 e. The second kappa shape index (κ2) is 6.03. The molecule has 0 aliphatic carbocycles. The van der Waals surface area contributed by atoms with Crippen molar-refractivity contribution in [1.82, 2.24) is 19.6 Å². The molecule has 1 unspecified atom stereocenters. The summed E-state index contributed by atoms with van der Waals surface area (Å²) >= 11 is 1.80. The third-order valence-corrected chi connectivity index (χ3v) is 6.11. The van der Waals surface area contributed by atoms with Crippen LogP contribution in [0.25, 0.3) is 15.9 Å². The molecular formula is C19H20N5OS+. The minimum atomic E-state index is 0.354. The Morgan fingerprint density at radius 2 is 2.19 bits per heavy atom. The molecule has 4 heterocycles. The maximum Gasteiger partial charge on any atom is 0.189 e. The SMILES string of the molecule is Cc1ccccc1OCc1nc2c3c4c(sc3ncn2n1)C[NH+](C)CC4. The van der Waals surface area contributed by atoms with Gasteiger partial charge < -0.3 is 9.64 Å². The van der Waals surface area contributed by atoms with Crippen LogP contribution in [0.1, 0.15) is 21.8 Å². The first kappa shape index (κ1) is 15.7. The normalized spacial score (nSPS) is 16.9. The van der Waals surface area contributed by atoms with Gasteiger partial charge in [0.25, 0.3) is 0 Å². The van der Waals surface area contributed by atoms with E-state index in [1.54, 1.807) is 27.1 Å². The van der Waals surface area contributed by atoms with Crippen molar-refractivity contribution in [3.05, 3.63) is 52.4 Å². The molecule has 1 aliphatic rings. The lowest BCUT2D eigenvalue weighted by Gasteiger charge is -2.19. The van der Waals surface area contributed by atoms with Crippen LogP contribution in [0.2, 0.25) is 0 Å². The van der Waals surface area contributed by atoms with E-state index >= 15 is 0 Å². The van der Waals surface area contributed by atoms with E-state index in [1.807, 2.05) is 31.2 Å². The van der Waals surface area contributed by atoms with Crippen LogP contribution in [0, 0.1) is 6.92 Å². The summed E-state index contributed by atoms with van der Waals surface area (Å²) in [6.45, 7) is 4.61. The highest BCUT2D eigenvalue weighted by Gasteiger charge is 2.24. The number of quaternary nitrogens is 1. The zero-order valence-electron chi connectivity index (χ0n) is 14.8. The minimum absolute atomic E-state index is 0.354. The first-order valence-electron chi connectivity index (χ1n) is 8.83. The molecule has 7 heteroatoms. The van der Waals surface area contributed by atoms with E-state index < -0.39 is 0 Å². The van der Waals surface area contributed by atoms with Crippen molar-refractivity contribution in [3.8, 4) is 5.75 Å². The van der Waals surface area contributed by atoms with E-state index in [-0.39, 0.29) is 0 Å². The molecule has 1 atom stereocenters. The zero-order valence-corrected chi connectivity index (χ0v) is 15.6. The maximum absolute atomic E-state index is 5.91. The number of rotatable bonds is 3. The van der Waals surface area contributed by atoms with Gasteiger partial charge in [-0.2, -0.15) is 0 Å². The van der Waals surface area contributed by atoms with E-state index in [9.17, 15) is 0 Å². The van der Waals surface area contributed by atoms with Gasteiger partial charge in [-0.15, -0.1) is 16.4 Å². The summed E-state index contributed by atoms with van der Waals surface area (Å²) in [6, 6.07) is 7.99. The predicted octanol–water partition coefficient (Wildman–Crippen LogP) is 1.80. The van der Waals surface area contributed by atoms with Gasteiger partial charge in [-0.25, -0.2) is 14.5 Å². The van der Waals surface area contributed by atoms with Crippen LogP contribution in [-0.4, -0.2) is 33.2 Å². The molecule has 5 rings (SSSR count). The van der Waals surface area contributed by atoms with Crippen LogP contribution >= 0.6 is 11.3 Å². The number of thiophene rings is 1. The van der Waals surface area contributed by atoms with Crippen LogP contribution in [0.4, 0.5) is 0 Å². The van der Waals surface area contributed by atoms with Crippen LogP contribution in [0.15, 0.2) is 30.6 Å². The second-order valence-electron chi connectivity index (χ2n) is 6.91. The Hall–Kier alpha value is -2.51. The average molecular weight is 366 g/mol. The fourth-order valence-corrected chi connectivity index (χ4v) is 4.87. The third kappa shape index (κ3) is 2.55. The van der Waals surface area contributed by atoms with Gasteiger partial charge in [0.05, 0.1) is 23.9 Å². The highest BCUT2D eigenvalue weighted by Crippen LogP contribution is 2.33. The number of benzene rings is 1. The lowest BCUT2D eigenvalue weighted by molar-refractivity contribution is -0.895. The molecule has 4 aromatic rings. The van der Waals surface area contributed by atoms with Crippen molar-refractivity contribution in [2.24, 2.45) is 0 Å². The Kier molecular flexibility index (Phi) is 3.65. The number of aryl methyl sites for hydroxylation is 1. The molecule has 3 aromatic heterocycles. The van der Waals surface area contributed by atoms with Crippen LogP contribution in [-0.2, 0) is 19.6 Å². The number of fused-ring (bicyclic) bond motifs is 5. The molecule has 1 aromatic carbocycles. The highest BCUT2D eigenvalue weighted by molar-refractivity contribution is 7.19. The first-order valence-corrected chi connectivity index (χ1v) is 9.65. The van der Waals surface area contributed by atoms with Crippen molar-refractivity contribution in [1.29, 1.82) is 0 Å². The summed E-state index contributed by atoms with van der Waals surface area (Å²) < 4.78 is 7.70. The number of para-hydroxylation sites is 1. The Morgan fingerprint density at radius 3 is 3.08 bits per heavy atom. The fraction of sp³-hybridized carbons (Fsp3) is 0.316. The first-order chi connectivity index (χ1) is 12.7. The molecule has 0 saturated carbocycles. The molecule has 1 aliphatic heterocycles. The number of aromatic nitrogens is 4. The monoisotopic (exact) mass is 366 g/mol. The lowest BCUT2D eigenvalue weighted by atomic mass is 10.1. The number of nitrogens with zero attached hydrogens (tertiary/aromatic N) is 4. The average Bonchev–Trinajstić information content (AvgIpc) is 3.20. The van der Waals surface area contributed by atoms with Crippen LogP contribution in [0.3, 0.4) is 0 Å². The summed E-state index contributed by atoms with van der Waals surface area (Å²) in [6.07, 6.45) is 2.84. The largest absolute Gasteiger partial charge is 0.485 e.